The van der Waals surface area contributed by atoms with E-state index in [2.05, 4.69) is 9.97 Å². The van der Waals surface area contributed by atoms with Gasteiger partial charge in [0.05, 0.1) is 10.1 Å². The van der Waals surface area contributed by atoms with Gasteiger partial charge in [-0.05, 0) is 24.3 Å². The lowest BCUT2D eigenvalue weighted by Gasteiger charge is -2.14. The third-order valence-electron chi connectivity index (χ3n) is 2.94. The molecular weight excluding hydrogens is 270 g/mol. The number of rotatable bonds is 2. The van der Waals surface area contributed by atoms with Gasteiger partial charge in [0.1, 0.15) is 11.2 Å². The van der Waals surface area contributed by atoms with Gasteiger partial charge < -0.3 is 15.7 Å². The predicted molar refractivity (Wildman–Crippen MR) is 79.4 cm³/mol. The highest BCUT2D eigenvalue weighted by atomic mass is 16.5. The largest absolute Gasteiger partial charge is 0.805 e. The molecule has 3 aromatic rings. The van der Waals surface area contributed by atoms with Crippen molar-refractivity contribution in [2.24, 2.45) is 0 Å². The van der Waals surface area contributed by atoms with Crippen molar-refractivity contribution < 1.29 is 4.43 Å². The van der Waals surface area contributed by atoms with Gasteiger partial charge in [0, 0.05) is 17.2 Å². The molecule has 7 nitrogen and oxygen atoms in total. The summed E-state index contributed by atoms with van der Waals surface area (Å²) in [5, 5.41) is 12.2. The first-order chi connectivity index (χ1) is 10.1. The first kappa shape index (κ1) is 12.8. The van der Waals surface area contributed by atoms with Crippen LogP contribution in [-0.2, 0) is 0 Å². The fraction of sp³-hybridized carbons (Fsp3) is 0. The molecule has 2 N–H and O–H groups in total. The highest BCUT2D eigenvalue weighted by molar-refractivity contribution is 5.75. The van der Waals surface area contributed by atoms with Crippen molar-refractivity contribution in [1.82, 2.24) is 14.7 Å². The molecule has 0 saturated carbocycles. The maximum Gasteiger partial charge on any atom is 0.286 e. The molecule has 21 heavy (non-hydrogen) atoms. The van der Waals surface area contributed by atoms with Gasteiger partial charge in [-0.2, -0.15) is 0 Å². The van der Waals surface area contributed by atoms with Gasteiger partial charge in [0.2, 0.25) is 5.95 Å². The van der Waals surface area contributed by atoms with E-state index in [0.717, 1.165) is 0 Å². The molecule has 0 atom stereocenters. The lowest BCUT2D eigenvalue weighted by Crippen LogP contribution is -2.18. The molecule has 0 aliphatic heterocycles. The monoisotopic (exact) mass is 281 g/mol. The van der Waals surface area contributed by atoms with E-state index in [9.17, 15) is 10.1 Å². The lowest BCUT2D eigenvalue weighted by molar-refractivity contribution is -0.464. The van der Waals surface area contributed by atoms with Gasteiger partial charge in [-0.3, -0.25) is 0 Å². The number of hydrogen-bond donors (Lipinski definition) is 1. The minimum Gasteiger partial charge on any atom is -0.805 e. The van der Waals surface area contributed by atoms with Gasteiger partial charge in [-0.25, -0.2) is 9.97 Å². The van der Waals surface area contributed by atoms with Gasteiger partial charge in [-0.15, -0.1) is 0 Å². The molecule has 2 aromatic heterocycles. The molecule has 3 rings (SSSR count). The first-order valence-corrected chi connectivity index (χ1v) is 6.16. The van der Waals surface area contributed by atoms with Crippen LogP contribution in [0.15, 0.2) is 42.7 Å². The zero-order valence-corrected chi connectivity index (χ0v) is 10.9. The third kappa shape index (κ3) is 2.44. The van der Waals surface area contributed by atoms with E-state index in [-0.39, 0.29) is 11.6 Å². The van der Waals surface area contributed by atoms with Crippen molar-refractivity contribution >= 4 is 29.1 Å². The standard InChI is InChI=1S/C14H11N5O2/c15-14-16-8-7-10(17-14)5-6-11-9-18(20)12-3-1-2-4-13(12)19(11)21/h1-9H,(H2,15,16,17). The Morgan fingerprint density at radius 1 is 1.24 bits per heavy atom. The Morgan fingerprint density at radius 3 is 2.86 bits per heavy atom. The Bertz CT molecular complexity index is 901. The van der Waals surface area contributed by atoms with E-state index in [0.29, 0.717) is 25.9 Å². The number of hydrogen-bond acceptors (Lipinski definition) is 5. The molecule has 0 aliphatic carbocycles. The van der Waals surface area contributed by atoms with Crippen LogP contribution in [-0.4, -0.2) is 14.7 Å². The van der Waals surface area contributed by atoms with Gasteiger partial charge in [-0.1, -0.05) is 12.1 Å². The van der Waals surface area contributed by atoms with Crippen LogP contribution >= 0.6 is 0 Å². The number of para-hydroxylation sites is 2. The van der Waals surface area contributed by atoms with Crippen molar-refractivity contribution in [1.29, 1.82) is 0 Å². The van der Waals surface area contributed by atoms with Crippen molar-refractivity contribution in [3.63, 3.8) is 0 Å². The highest BCUT2D eigenvalue weighted by Crippen LogP contribution is 2.12. The number of aromatic nitrogens is 4. The second-order valence-electron chi connectivity index (χ2n) is 4.34. The van der Waals surface area contributed by atoms with Crippen LogP contribution in [0.25, 0.3) is 23.2 Å². The fourth-order valence-electron chi connectivity index (χ4n) is 1.97. The second kappa shape index (κ2) is 5.04. The topological polar surface area (TPSA) is 103 Å². The van der Waals surface area contributed by atoms with Crippen molar-refractivity contribution in [2.45, 2.75) is 0 Å². The Labute approximate surface area is 119 Å². The maximum atomic E-state index is 12.2. The Hall–Kier alpha value is -3.22. The van der Waals surface area contributed by atoms with E-state index < -0.39 is 0 Å². The van der Waals surface area contributed by atoms with Crippen molar-refractivity contribution in [3.05, 3.63) is 64.2 Å². The van der Waals surface area contributed by atoms with E-state index in [1.807, 2.05) is 0 Å². The molecular formula is C14H11N5O2. The number of nitrogens with two attached hydrogens (primary N) is 1. The Balaban J connectivity index is 2.09. The van der Waals surface area contributed by atoms with Crippen LogP contribution in [0.5, 0.6) is 0 Å². The predicted octanol–water partition coefficient (Wildman–Crippen LogP) is 1.44. The summed E-state index contributed by atoms with van der Waals surface area (Å²) in [5.74, 6) is 0.143. The van der Waals surface area contributed by atoms with Crippen LogP contribution in [0.1, 0.15) is 11.4 Å². The van der Waals surface area contributed by atoms with Gasteiger partial charge in [0.15, 0.2) is 0 Å². The summed E-state index contributed by atoms with van der Waals surface area (Å²) in [4.78, 5) is 19.7. The Morgan fingerprint density at radius 2 is 2.05 bits per heavy atom. The molecule has 0 bridgehead atoms. The van der Waals surface area contributed by atoms with E-state index in [1.165, 1.54) is 18.5 Å². The normalized spacial score (nSPS) is 11.2. The van der Waals surface area contributed by atoms with Gasteiger partial charge >= 0.3 is 0 Å². The SMILES string of the molecule is Nc1nccc(C=Cc2c[n+](=O)c3ccccc3n2[O-])n1. The van der Waals surface area contributed by atoms with Crippen LogP contribution in [0, 0.1) is 10.1 Å². The first-order valence-electron chi connectivity index (χ1n) is 6.16. The summed E-state index contributed by atoms with van der Waals surface area (Å²) < 4.78 is 1.36. The summed E-state index contributed by atoms with van der Waals surface area (Å²) in [6.07, 6.45) is 5.84. The van der Waals surface area contributed by atoms with Crippen LogP contribution in [0.4, 0.5) is 5.95 Å². The van der Waals surface area contributed by atoms with E-state index in [4.69, 9.17) is 5.73 Å². The molecule has 0 fully saturated rings. The van der Waals surface area contributed by atoms with Crippen molar-refractivity contribution in [2.75, 3.05) is 5.73 Å². The molecule has 0 amide bonds. The Kier molecular flexibility index (Phi) is 3.07. The van der Waals surface area contributed by atoms with E-state index in [1.54, 1.807) is 36.4 Å². The molecule has 2 heterocycles. The number of nitrogens with zero attached hydrogens (tertiary/aromatic N) is 4. The van der Waals surface area contributed by atoms with Crippen molar-refractivity contribution in [3.8, 4) is 0 Å². The number of nitrogen functional groups attached to an aromatic ring is 1. The maximum absolute atomic E-state index is 12.2. The van der Waals surface area contributed by atoms with Gasteiger partial charge in [0.25, 0.3) is 11.7 Å². The van der Waals surface area contributed by atoms with Crippen LogP contribution in [0.2, 0.25) is 0 Å². The summed E-state index contributed by atoms with van der Waals surface area (Å²) >= 11 is 0. The number of benzene rings is 1. The zero-order valence-electron chi connectivity index (χ0n) is 10.9. The summed E-state index contributed by atoms with van der Waals surface area (Å²) in [5.41, 5.74) is 6.86. The molecule has 7 heteroatoms. The fourth-order valence-corrected chi connectivity index (χ4v) is 1.97. The van der Waals surface area contributed by atoms with Crippen LogP contribution < -0.4 is 10.2 Å². The molecule has 0 spiro atoms. The zero-order chi connectivity index (χ0) is 14.8. The molecule has 104 valence electrons. The lowest BCUT2D eigenvalue weighted by atomic mass is 10.2. The summed E-state index contributed by atoms with van der Waals surface area (Å²) in [6.45, 7) is 0. The average Bonchev–Trinajstić information content (AvgIpc) is 2.50. The molecule has 0 saturated heterocycles. The third-order valence-corrected chi connectivity index (χ3v) is 2.94. The molecule has 0 radical (unpaired) electrons. The van der Waals surface area contributed by atoms with Crippen LogP contribution in [0.3, 0.4) is 0 Å². The molecule has 0 unspecified atom stereocenters. The minimum absolute atomic E-state index is 0.143. The second-order valence-corrected chi connectivity index (χ2v) is 4.34. The summed E-state index contributed by atoms with van der Waals surface area (Å²) in [7, 11) is 0. The smallest absolute Gasteiger partial charge is 0.286 e. The highest BCUT2D eigenvalue weighted by Gasteiger charge is 2.09. The van der Waals surface area contributed by atoms with E-state index >= 15 is 0 Å². The number of fused-ring (bicyclic) bond motifs is 1. The summed E-state index contributed by atoms with van der Waals surface area (Å²) in [6, 6.07) is 8.24. The minimum atomic E-state index is 0.143. The number of anilines is 1. The molecule has 0 aliphatic rings. The quantitative estimate of drug-likeness (QED) is 0.716. The molecule has 1 aromatic carbocycles. The average molecular weight is 281 g/mol.